The molecule has 6 aromatic carbocycles. The van der Waals surface area contributed by atoms with Crippen LogP contribution in [0.2, 0.25) is 0 Å². The second kappa shape index (κ2) is 14.9. The van der Waals surface area contributed by atoms with E-state index in [2.05, 4.69) is 0 Å². The second-order valence-corrected chi connectivity index (χ2v) is 14.9. The highest BCUT2D eigenvalue weighted by atomic mass is 32.3. The zero-order valence-corrected chi connectivity index (χ0v) is 26.1. The lowest BCUT2D eigenvalue weighted by molar-refractivity contribution is -0.710. The van der Waals surface area contributed by atoms with Gasteiger partial charge in [0.25, 0.3) is 0 Å². The monoisotopic (exact) mass is 650 g/mol. The average Bonchev–Trinajstić information content (AvgIpc) is 3.12. The van der Waals surface area contributed by atoms with Gasteiger partial charge in [0.2, 0.25) is 0 Å². The molecular weight excluding hydrogens is 621 g/mol. The van der Waals surface area contributed by atoms with Crippen molar-refractivity contribution >= 4 is 20.6 Å². The van der Waals surface area contributed by atoms with Gasteiger partial charge in [-0.2, -0.15) is 0 Å². The number of rotatable bonds is 10. The molecule has 0 spiro atoms. The van der Waals surface area contributed by atoms with Gasteiger partial charge in [0, 0.05) is 29.4 Å². The molecule has 0 aliphatic carbocycles. The van der Waals surface area contributed by atoms with E-state index in [1.54, 1.807) is 0 Å². The molecule has 0 aliphatic rings. The van der Waals surface area contributed by atoms with Crippen LogP contribution in [0.25, 0.3) is 0 Å². The molecule has 0 saturated carbocycles. The third-order valence-corrected chi connectivity index (χ3v) is 13.1. The molecular formula is C36H30N2O6S2. The van der Waals surface area contributed by atoms with E-state index in [4.69, 9.17) is 8.57 Å². The van der Waals surface area contributed by atoms with Crippen LogP contribution in [0.5, 0.6) is 0 Å². The molecule has 0 aliphatic heterocycles. The van der Waals surface area contributed by atoms with Crippen molar-refractivity contribution in [2.45, 2.75) is 29.4 Å². The van der Waals surface area contributed by atoms with Crippen molar-refractivity contribution in [2.75, 3.05) is 0 Å². The Morgan fingerprint density at radius 3 is 0.609 bits per heavy atom. The zero-order valence-electron chi connectivity index (χ0n) is 24.5. The smallest absolute Gasteiger partial charge is 0.250 e. The second-order valence-electron chi connectivity index (χ2n) is 9.59. The van der Waals surface area contributed by atoms with E-state index >= 15 is 0 Å². The molecule has 0 amide bonds. The molecule has 232 valence electrons. The summed E-state index contributed by atoms with van der Waals surface area (Å²) < 4.78 is 10.8. The van der Waals surface area contributed by atoms with Gasteiger partial charge in [-0.25, -0.2) is 8.57 Å². The van der Waals surface area contributed by atoms with Crippen molar-refractivity contribution in [3.63, 3.8) is 0 Å². The van der Waals surface area contributed by atoms with Gasteiger partial charge < -0.3 is 0 Å². The van der Waals surface area contributed by atoms with E-state index in [1.807, 2.05) is 182 Å². The first-order chi connectivity index (χ1) is 22.5. The molecule has 0 bridgehead atoms. The van der Waals surface area contributed by atoms with Crippen LogP contribution in [0.15, 0.2) is 211 Å². The molecule has 6 aromatic rings. The van der Waals surface area contributed by atoms with Crippen LogP contribution in [-0.4, -0.2) is 10.2 Å². The van der Waals surface area contributed by atoms with Crippen molar-refractivity contribution in [2.24, 2.45) is 0 Å². The number of benzene rings is 6. The van der Waals surface area contributed by atoms with E-state index in [0.29, 0.717) is 0 Å². The Labute approximate surface area is 270 Å². The number of hydrogen-bond acceptors (Lipinski definition) is 6. The standard InChI is InChI=1S/2C18H15NO3S/c2*20-19(21)22-23(16-10-4-1-5-11-16,17-12-6-2-7-13-17)18-14-8-3-9-15-18/h2*1-15H. The number of nitrogens with zero attached hydrogens (tertiary/aromatic N) is 2. The zero-order chi connectivity index (χ0) is 32.2. The maximum absolute atomic E-state index is 11.3. The molecule has 0 atom stereocenters. The third kappa shape index (κ3) is 6.88. The maximum atomic E-state index is 11.3. The Morgan fingerprint density at radius 2 is 0.478 bits per heavy atom. The molecule has 0 heterocycles. The van der Waals surface area contributed by atoms with Gasteiger partial charge >= 0.3 is 10.2 Å². The lowest BCUT2D eigenvalue weighted by Gasteiger charge is -2.37. The highest BCUT2D eigenvalue weighted by molar-refractivity contribution is 8.30. The molecule has 0 N–H and O–H groups in total. The van der Waals surface area contributed by atoms with E-state index < -0.39 is 30.8 Å². The van der Waals surface area contributed by atoms with Crippen LogP contribution in [0.1, 0.15) is 0 Å². The maximum Gasteiger partial charge on any atom is 0.305 e. The predicted molar refractivity (Wildman–Crippen MR) is 180 cm³/mol. The summed E-state index contributed by atoms with van der Waals surface area (Å²) in [4.78, 5) is 27.4. The van der Waals surface area contributed by atoms with Crippen LogP contribution in [-0.2, 0) is 8.57 Å². The molecule has 0 aromatic heterocycles. The van der Waals surface area contributed by atoms with Gasteiger partial charge in [-0.15, -0.1) is 20.2 Å². The quantitative estimate of drug-likeness (QED) is 0.108. The fourth-order valence-corrected chi connectivity index (χ4v) is 10.7. The largest absolute Gasteiger partial charge is 0.305 e. The van der Waals surface area contributed by atoms with E-state index in [0.717, 1.165) is 29.4 Å². The molecule has 8 nitrogen and oxygen atoms in total. The SMILES string of the molecule is O=[N+]([O-])OS(c1ccccc1)(c1ccccc1)c1ccccc1.O=[N+]([O-])OS(c1ccccc1)(c1ccccc1)c1ccccc1. The minimum atomic E-state index is -2.43. The van der Waals surface area contributed by atoms with Crippen LogP contribution < -0.4 is 0 Å². The van der Waals surface area contributed by atoms with Gasteiger partial charge in [0.05, 0.1) is 0 Å². The Hall–Kier alpha value is -5.58. The molecule has 0 fully saturated rings. The first-order valence-electron chi connectivity index (χ1n) is 14.1. The van der Waals surface area contributed by atoms with Gasteiger partial charge in [0.1, 0.15) is 0 Å². The summed E-state index contributed by atoms with van der Waals surface area (Å²) in [7, 11) is -4.86. The topological polar surface area (TPSA) is 105 Å². The summed E-state index contributed by atoms with van der Waals surface area (Å²) >= 11 is 0. The van der Waals surface area contributed by atoms with Crippen molar-refractivity contribution in [1.82, 2.24) is 0 Å². The lowest BCUT2D eigenvalue weighted by Crippen LogP contribution is -2.12. The highest BCUT2D eigenvalue weighted by Gasteiger charge is 2.36. The first-order valence-corrected chi connectivity index (χ1v) is 17.2. The summed E-state index contributed by atoms with van der Waals surface area (Å²) in [6.45, 7) is 0. The van der Waals surface area contributed by atoms with E-state index in [1.165, 1.54) is 0 Å². The Balaban J connectivity index is 0.000000181. The summed E-state index contributed by atoms with van der Waals surface area (Å²) in [5.41, 5.74) is 0. The van der Waals surface area contributed by atoms with Crippen molar-refractivity contribution in [3.05, 3.63) is 202 Å². The van der Waals surface area contributed by atoms with Crippen LogP contribution in [0, 0.1) is 20.2 Å². The van der Waals surface area contributed by atoms with Gasteiger partial charge in [0.15, 0.2) is 0 Å². The summed E-state index contributed by atoms with van der Waals surface area (Å²) in [6.07, 6.45) is 0. The Morgan fingerprint density at radius 1 is 0.326 bits per heavy atom. The summed E-state index contributed by atoms with van der Waals surface area (Å²) in [5, 5.41) is 21.3. The highest BCUT2D eigenvalue weighted by Crippen LogP contribution is 2.70. The minimum Gasteiger partial charge on any atom is -0.250 e. The minimum absolute atomic E-state index is 0.692. The molecule has 0 saturated heterocycles. The van der Waals surface area contributed by atoms with E-state index in [-0.39, 0.29) is 0 Å². The number of hydrogen-bond donors (Lipinski definition) is 0. The van der Waals surface area contributed by atoms with Gasteiger partial charge in [-0.05, 0) is 93.4 Å². The third-order valence-electron chi connectivity index (χ3n) is 6.80. The van der Waals surface area contributed by atoms with Crippen LogP contribution in [0.4, 0.5) is 0 Å². The summed E-state index contributed by atoms with van der Waals surface area (Å²) in [5.74, 6) is 0. The van der Waals surface area contributed by atoms with Crippen molar-refractivity contribution in [1.29, 1.82) is 0 Å². The van der Waals surface area contributed by atoms with Crippen molar-refractivity contribution in [3.8, 4) is 0 Å². The molecule has 10 heteroatoms. The first kappa shape index (κ1) is 31.8. The molecule has 46 heavy (non-hydrogen) atoms. The van der Waals surface area contributed by atoms with Gasteiger partial charge in [-0.1, -0.05) is 109 Å². The molecule has 6 rings (SSSR count). The summed E-state index contributed by atoms with van der Waals surface area (Å²) in [6, 6.07) is 56.2. The molecule has 0 radical (unpaired) electrons. The van der Waals surface area contributed by atoms with E-state index in [9.17, 15) is 20.2 Å². The Kier molecular flexibility index (Phi) is 10.3. The lowest BCUT2D eigenvalue weighted by atomic mass is 10.4. The van der Waals surface area contributed by atoms with Gasteiger partial charge in [-0.3, -0.25) is 0 Å². The van der Waals surface area contributed by atoms with Crippen LogP contribution in [0.3, 0.4) is 0 Å². The predicted octanol–water partition coefficient (Wildman–Crippen LogP) is 10.2. The fraction of sp³-hybridized carbons (Fsp3) is 0. The normalized spacial score (nSPS) is 11.7. The molecule has 0 unspecified atom stereocenters. The van der Waals surface area contributed by atoms with Crippen LogP contribution >= 0.6 is 20.6 Å². The Bertz CT molecular complexity index is 1500. The average molecular weight is 651 g/mol. The fourth-order valence-electron chi connectivity index (χ4n) is 4.93. The van der Waals surface area contributed by atoms with Crippen molar-refractivity contribution < 1.29 is 18.7 Å².